The summed E-state index contributed by atoms with van der Waals surface area (Å²) in [7, 11) is -4.00. The van der Waals surface area contributed by atoms with Crippen LogP contribution in [0.1, 0.15) is 17.4 Å². The average molecular weight is 538 g/mol. The van der Waals surface area contributed by atoms with Gasteiger partial charge in [0.25, 0.3) is 15.9 Å². The number of nitrogen functional groups attached to an aromatic ring is 1. The zero-order valence-corrected chi connectivity index (χ0v) is 18.2. The highest BCUT2D eigenvalue weighted by Gasteiger charge is 2.29. The summed E-state index contributed by atoms with van der Waals surface area (Å²) in [6.07, 6.45) is 0. The molecule has 4 N–H and O–H groups in total. The molecule has 0 aliphatic carbocycles. The molecule has 0 spiro atoms. The molecular formula is C18H15IN6O4S. The van der Waals surface area contributed by atoms with Crippen molar-refractivity contribution in [3.8, 4) is 0 Å². The molecule has 1 aromatic heterocycles. The van der Waals surface area contributed by atoms with Crippen molar-refractivity contribution in [3.05, 3.63) is 63.6 Å². The number of carbonyl (C=O) groups excluding carboxylic acids is 1. The Labute approximate surface area is 185 Å². The van der Waals surface area contributed by atoms with E-state index in [1.807, 2.05) is 52.9 Å². The molecule has 4 rings (SSSR count). The van der Waals surface area contributed by atoms with Gasteiger partial charge in [-0.3, -0.25) is 4.79 Å². The minimum absolute atomic E-state index is 0.0226. The largest absolute Gasteiger partial charge is 0.408 e. The van der Waals surface area contributed by atoms with Crippen molar-refractivity contribution in [2.45, 2.75) is 10.8 Å². The molecule has 30 heavy (non-hydrogen) atoms. The minimum Gasteiger partial charge on any atom is -0.408 e. The first-order valence-corrected chi connectivity index (χ1v) is 11.2. The number of fused-ring (bicyclic) bond motifs is 1. The lowest BCUT2D eigenvalue weighted by molar-refractivity contribution is -0.114. The van der Waals surface area contributed by atoms with Crippen LogP contribution in [0.5, 0.6) is 0 Å². The summed E-state index contributed by atoms with van der Waals surface area (Å²) in [5.74, 6) is -1.25. The molecule has 1 aliphatic heterocycles. The second-order valence-corrected chi connectivity index (χ2v) is 9.15. The Bertz CT molecular complexity index is 1240. The van der Waals surface area contributed by atoms with Crippen LogP contribution in [0.25, 0.3) is 0 Å². The average Bonchev–Trinajstić information content (AvgIpc) is 3.15. The van der Waals surface area contributed by atoms with E-state index in [-0.39, 0.29) is 29.2 Å². The van der Waals surface area contributed by atoms with E-state index in [1.54, 1.807) is 12.1 Å². The van der Waals surface area contributed by atoms with Crippen molar-refractivity contribution in [2.75, 3.05) is 17.6 Å². The number of amides is 1. The Balaban J connectivity index is 1.56. The number of carbonyl (C=O) groups is 1. The first-order valence-electron chi connectivity index (χ1n) is 8.67. The number of amidine groups is 1. The van der Waals surface area contributed by atoms with Gasteiger partial charge in [-0.15, -0.1) is 9.50 Å². The van der Waals surface area contributed by atoms with E-state index in [4.69, 9.17) is 10.2 Å². The van der Waals surface area contributed by atoms with Crippen molar-refractivity contribution < 1.29 is 17.6 Å². The standard InChI is InChI=1S/C18H15IN6O4S/c19-11-6-7-13-14(8-11)30(27,28)25-15(22-13)16(26)21-9-12(10-4-2-1-3-5-10)17-23-24-18(20)29-17/h1-8,12H,9H2,(H2,20,24)(H,21,26)(H,22,25). The third kappa shape index (κ3) is 4.14. The van der Waals surface area contributed by atoms with Crippen LogP contribution in [0.15, 0.2) is 62.2 Å². The first kappa shape index (κ1) is 20.3. The second kappa shape index (κ2) is 8.02. The van der Waals surface area contributed by atoms with Gasteiger partial charge < -0.3 is 20.8 Å². The molecule has 1 aliphatic rings. The van der Waals surface area contributed by atoms with Gasteiger partial charge >= 0.3 is 6.01 Å². The number of rotatable bonds is 5. The number of anilines is 2. The maximum absolute atomic E-state index is 12.7. The normalized spacial score (nSPS) is 15.4. The Morgan fingerprint density at radius 3 is 2.67 bits per heavy atom. The fourth-order valence-electron chi connectivity index (χ4n) is 2.93. The van der Waals surface area contributed by atoms with E-state index in [2.05, 4.69) is 25.2 Å². The van der Waals surface area contributed by atoms with E-state index >= 15 is 0 Å². The highest BCUT2D eigenvalue weighted by molar-refractivity contribution is 14.1. The van der Waals surface area contributed by atoms with Gasteiger partial charge in [0.15, 0.2) is 0 Å². The molecule has 3 aromatic rings. The van der Waals surface area contributed by atoms with Crippen LogP contribution in [0.4, 0.5) is 11.7 Å². The SMILES string of the molecule is Nc1nnc(C(CNC(=O)C2=NS(=O)(=O)c3cc(I)ccc3N2)c2ccccc2)o1. The molecule has 2 aromatic carbocycles. The van der Waals surface area contributed by atoms with Crippen LogP contribution >= 0.6 is 22.6 Å². The molecule has 0 radical (unpaired) electrons. The van der Waals surface area contributed by atoms with Crippen molar-refractivity contribution in [1.29, 1.82) is 0 Å². The number of benzene rings is 2. The lowest BCUT2D eigenvalue weighted by Crippen LogP contribution is -2.40. The summed E-state index contributed by atoms with van der Waals surface area (Å²) in [5.41, 5.74) is 6.63. The zero-order valence-electron chi connectivity index (χ0n) is 15.2. The first-order chi connectivity index (χ1) is 14.3. The molecule has 154 valence electrons. The number of hydrogen-bond donors (Lipinski definition) is 3. The number of sulfonamides is 1. The summed E-state index contributed by atoms with van der Waals surface area (Å²) in [6.45, 7) is 0.0603. The Kier molecular flexibility index (Phi) is 5.42. The maximum atomic E-state index is 12.7. The molecule has 1 atom stereocenters. The van der Waals surface area contributed by atoms with E-state index < -0.39 is 21.8 Å². The summed E-state index contributed by atoms with van der Waals surface area (Å²) >= 11 is 2.01. The number of nitrogens with zero attached hydrogens (tertiary/aromatic N) is 3. The summed E-state index contributed by atoms with van der Waals surface area (Å²) in [5, 5.41) is 13.0. The summed E-state index contributed by atoms with van der Waals surface area (Å²) in [6, 6.07) is 13.9. The molecule has 0 bridgehead atoms. The van der Waals surface area contributed by atoms with Gasteiger partial charge in [-0.05, 0) is 46.4 Å². The fourth-order valence-corrected chi connectivity index (χ4v) is 4.77. The van der Waals surface area contributed by atoms with E-state index in [9.17, 15) is 13.2 Å². The number of halogens is 1. The third-order valence-electron chi connectivity index (χ3n) is 4.32. The highest BCUT2D eigenvalue weighted by atomic mass is 127. The van der Waals surface area contributed by atoms with E-state index in [0.717, 1.165) is 9.13 Å². The number of aromatic nitrogens is 2. The molecule has 0 saturated carbocycles. The Hall–Kier alpha value is -3.00. The summed E-state index contributed by atoms with van der Waals surface area (Å²) < 4.78 is 34.6. The van der Waals surface area contributed by atoms with Crippen LogP contribution in [-0.4, -0.2) is 36.9 Å². The van der Waals surface area contributed by atoms with Crippen molar-refractivity contribution >= 4 is 56.1 Å². The molecule has 2 heterocycles. The van der Waals surface area contributed by atoms with Crippen LogP contribution in [0, 0.1) is 3.57 Å². The maximum Gasteiger partial charge on any atom is 0.312 e. The minimum atomic E-state index is -4.00. The van der Waals surface area contributed by atoms with Crippen LogP contribution in [0.3, 0.4) is 0 Å². The molecule has 0 fully saturated rings. The molecule has 0 saturated heterocycles. The Morgan fingerprint density at radius 1 is 1.20 bits per heavy atom. The van der Waals surface area contributed by atoms with Gasteiger partial charge in [-0.2, -0.15) is 8.42 Å². The van der Waals surface area contributed by atoms with E-state index in [1.165, 1.54) is 6.07 Å². The number of nitrogens with two attached hydrogens (primary N) is 1. The topological polar surface area (TPSA) is 153 Å². The monoisotopic (exact) mass is 538 g/mol. The zero-order chi connectivity index (χ0) is 21.3. The van der Waals surface area contributed by atoms with Gasteiger partial charge in [-0.25, -0.2) is 0 Å². The number of hydrogen-bond acceptors (Lipinski definition) is 8. The van der Waals surface area contributed by atoms with Crippen LogP contribution < -0.4 is 16.4 Å². The van der Waals surface area contributed by atoms with Crippen molar-refractivity contribution in [1.82, 2.24) is 15.5 Å². The highest BCUT2D eigenvalue weighted by Crippen LogP contribution is 2.29. The van der Waals surface area contributed by atoms with Gasteiger partial charge in [-0.1, -0.05) is 35.4 Å². The van der Waals surface area contributed by atoms with Crippen LogP contribution in [-0.2, 0) is 14.8 Å². The van der Waals surface area contributed by atoms with Gasteiger partial charge in [0, 0.05) is 10.1 Å². The predicted octanol–water partition coefficient (Wildman–Crippen LogP) is 1.72. The molecule has 10 nitrogen and oxygen atoms in total. The van der Waals surface area contributed by atoms with E-state index in [0.29, 0.717) is 5.69 Å². The lowest BCUT2D eigenvalue weighted by Gasteiger charge is -2.19. The predicted molar refractivity (Wildman–Crippen MR) is 117 cm³/mol. The quantitative estimate of drug-likeness (QED) is 0.416. The second-order valence-electron chi connectivity index (χ2n) is 6.33. The molecule has 1 unspecified atom stereocenters. The smallest absolute Gasteiger partial charge is 0.312 e. The number of nitrogens with one attached hydrogen (secondary N) is 2. The van der Waals surface area contributed by atoms with Gasteiger partial charge in [0.2, 0.25) is 11.7 Å². The fraction of sp³-hybridized carbons (Fsp3) is 0.111. The Morgan fingerprint density at radius 2 is 1.97 bits per heavy atom. The molecular weight excluding hydrogens is 523 g/mol. The summed E-state index contributed by atoms with van der Waals surface area (Å²) in [4.78, 5) is 12.7. The lowest BCUT2D eigenvalue weighted by atomic mass is 9.99. The van der Waals surface area contributed by atoms with Crippen molar-refractivity contribution in [3.63, 3.8) is 0 Å². The van der Waals surface area contributed by atoms with Crippen molar-refractivity contribution in [2.24, 2.45) is 4.40 Å². The third-order valence-corrected chi connectivity index (χ3v) is 6.31. The molecule has 12 heteroatoms. The molecule has 1 amide bonds. The van der Waals surface area contributed by atoms with Gasteiger partial charge in [0.05, 0.1) is 11.6 Å². The van der Waals surface area contributed by atoms with Crippen LogP contribution in [0.2, 0.25) is 0 Å². The van der Waals surface area contributed by atoms with Gasteiger partial charge in [0.1, 0.15) is 4.90 Å².